The van der Waals surface area contributed by atoms with Crippen molar-refractivity contribution in [2.24, 2.45) is 0 Å². The van der Waals surface area contributed by atoms with Crippen LogP contribution in [0.2, 0.25) is 0 Å². The van der Waals surface area contributed by atoms with Gasteiger partial charge in [0, 0.05) is 6.07 Å². The Bertz CT molecular complexity index is 207. The summed E-state index contributed by atoms with van der Waals surface area (Å²) in [5.74, 6) is 0. The van der Waals surface area contributed by atoms with Crippen molar-refractivity contribution in [3.05, 3.63) is 30.1 Å². The summed E-state index contributed by atoms with van der Waals surface area (Å²) in [7, 11) is 0. The molecule has 0 aliphatic carbocycles. The zero-order valence-electron chi connectivity index (χ0n) is 5.21. The van der Waals surface area contributed by atoms with E-state index >= 15 is 0 Å². The van der Waals surface area contributed by atoms with Gasteiger partial charge in [-0.25, -0.2) is 5.26 Å². The summed E-state index contributed by atoms with van der Waals surface area (Å²) in [4.78, 5) is 3.62. The fraction of sp³-hybridized carbons (Fsp3) is 0. The Kier molecular flexibility index (Phi) is 7.10. The summed E-state index contributed by atoms with van der Waals surface area (Å²) >= 11 is 3.62. The Morgan fingerprint density at radius 2 is 2.40 bits per heavy atom. The molecule has 2 nitrogen and oxygen atoms in total. The molecule has 0 saturated heterocycles. The van der Waals surface area contributed by atoms with Crippen LogP contribution in [-0.4, -0.2) is 4.98 Å². The minimum absolute atomic E-state index is 0.597. The molecule has 1 aromatic rings. The first-order valence-electron chi connectivity index (χ1n) is 2.42. The summed E-state index contributed by atoms with van der Waals surface area (Å²) in [5.41, 5.74) is 0.597. The minimum atomic E-state index is 0.597. The van der Waals surface area contributed by atoms with Gasteiger partial charge in [-0.3, -0.25) is 0 Å². The molecule has 0 aliphatic rings. The molecule has 0 bridgehead atoms. The van der Waals surface area contributed by atoms with Gasteiger partial charge in [0.05, 0.1) is 0 Å². The predicted octanol–water partition coefficient (Wildman–Crippen LogP) is 1.64. The summed E-state index contributed by atoms with van der Waals surface area (Å²) in [5, 5.41) is 8.24. The normalized spacial score (nSPS) is 7.00. The fourth-order valence-corrected chi connectivity index (χ4v) is 0.385. The van der Waals surface area contributed by atoms with Crippen LogP contribution in [0.4, 0.5) is 0 Å². The zero-order valence-corrected chi connectivity index (χ0v) is 10.3. The van der Waals surface area contributed by atoms with Crippen molar-refractivity contribution in [2.45, 2.75) is 0 Å². The molecule has 0 fully saturated rings. The summed E-state index contributed by atoms with van der Waals surface area (Å²) < 4.78 is 0. The van der Waals surface area contributed by atoms with Crippen LogP contribution in [0, 0.1) is 17.5 Å². The summed E-state index contributed by atoms with van der Waals surface area (Å²) in [6, 6.07) is 5.13. The molecule has 0 aliphatic heterocycles. The van der Waals surface area contributed by atoms with Gasteiger partial charge in [-0.2, -0.15) is 0 Å². The Morgan fingerprint density at radius 3 is 2.70 bits per heavy atom. The van der Waals surface area contributed by atoms with E-state index in [9.17, 15) is 0 Å². The van der Waals surface area contributed by atoms with E-state index in [-0.39, 0.29) is 0 Å². The average Bonchev–Trinajstić information content (AvgIpc) is 2.10. The van der Waals surface area contributed by atoms with Gasteiger partial charge in [0.25, 0.3) is 0 Å². The number of hydrogen-bond donors (Lipinski definition) is 0. The molecule has 0 amide bonds. The maximum atomic E-state index is 8.24. The van der Waals surface area contributed by atoms with Gasteiger partial charge in [-0.05, 0) is 0 Å². The second-order valence-electron chi connectivity index (χ2n) is 1.29. The number of pyridine rings is 1. The molecule has 1 rings (SSSR count). The topological polar surface area (TPSA) is 36.7 Å². The Balaban J connectivity index is 0.000000371. The van der Waals surface area contributed by atoms with Crippen molar-refractivity contribution in [3.63, 3.8) is 0 Å². The van der Waals surface area contributed by atoms with E-state index in [0.29, 0.717) is 5.56 Å². The van der Waals surface area contributed by atoms with Crippen LogP contribution in [0.15, 0.2) is 18.3 Å². The number of nitrogens with zero attached hydrogens (tertiary/aromatic N) is 2. The molecule has 0 saturated carbocycles. The number of aromatic nitrogens is 1. The van der Waals surface area contributed by atoms with Crippen molar-refractivity contribution >= 4 is 19.8 Å². The van der Waals surface area contributed by atoms with E-state index in [2.05, 4.69) is 30.9 Å². The third-order valence-electron chi connectivity index (χ3n) is 0.752. The summed E-state index contributed by atoms with van der Waals surface area (Å²) in [6.45, 7) is 0. The van der Waals surface area contributed by atoms with Crippen LogP contribution in [0.3, 0.4) is 0 Å². The predicted molar refractivity (Wildman–Crippen MR) is 41.8 cm³/mol. The molecule has 0 N–H and O–H groups in total. The van der Waals surface area contributed by atoms with Crippen LogP contribution in [0.5, 0.6) is 0 Å². The first-order valence-corrected chi connectivity index (χ1v) is 11.5. The molecule has 10 heavy (non-hydrogen) atoms. The summed E-state index contributed by atoms with van der Waals surface area (Å²) in [6.07, 6.45) is 4.08. The fourth-order valence-electron chi connectivity index (χ4n) is 0.385. The molecular formula is C6H3IN2Zn. The maximum absolute atomic E-state index is 8.24. The van der Waals surface area contributed by atoms with Crippen LogP contribution in [0.25, 0.3) is 0 Å². The van der Waals surface area contributed by atoms with Crippen LogP contribution < -0.4 is 0 Å². The average molecular weight is 295 g/mol. The van der Waals surface area contributed by atoms with Crippen molar-refractivity contribution < 1.29 is 14.8 Å². The number of hydrogen-bond acceptors (Lipinski definition) is 2. The zero-order chi connectivity index (χ0) is 7.82. The third kappa shape index (κ3) is 3.91. The molecule has 0 unspecified atom stereocenters. The van der Waals surface area contributed by atoms with Gasteiger partial charge in [0.2, 0.25) is 0 Å². The molecular weight excluding hydrogens is 292 g/mol. The molecule has 4 heteroatoms. The molecule has 1 heterocycles. The second-order valence-corrected chi connectivity index (χ2v) is 1.29. The van der Waals surface area contributed by atoms with Gasteiger partial charge in [0.1, 0.15) is 0 Å². The van der Waals surface area contributed by atoms with Crippen LogP contribution in [-0.2, 0) is 14.8 Å². The molecule has 1 aromatic heterocycles. The van der Waals surface area contributed by atoms with E-state index in [4.69, 9.17) is 5.26 Å². The monoisotopic (exact) mass is 294 g/mol. The standard InChI is InChI=1S/C6H3N2.HI.Zn/c7-5-6-1-3-8-4-2-6;;/h1-3H;1H;/q-1;;+2/p-1. The Morgan fingerprint density at radius 1 is 1.70 bits per heavy atom. The Labute approximate surface area is 80.5 Å². The van der Waals surface area contributed by atoms with Crippen molar-refractivity contribution in [2.75, 3.05) is 0 Å². The van der Waals surface area contributed by atoms with E-state index < -0.39 is 0 Å². The van der Waals surface area contributed by atoms with Crippen molar-refractivity contribution in [1.82, 2.24) is 4.98 Å². The molecule has 0 aromatic carbocycles. The second kappa shape index (κ2) is 7.10. The van der Waals surface area contributed by atoms with Gasteiger partial charge in [-0.15, -0.1) is 12.1 Å². The number of nitriles is 1. The van der Waals surface area contributed by atoms with Crippen LogP contribution >= 0.6 is 19.8 Å². The first-order chi connectivity index (χ1) is 4.93. The van der Waals surface area contributed by atoms with Gasteiger partial charge < -0.3 is 4.98 Å². The van der Waals surface area contributed by atoms with E-state index in [1.165, 1.54) is 14.8 Å². The van der Waals surface area contributed by atoms with Gasteiger partial charge in [-0.1, -0.05) is 18.0 Å². The van der Waals surface area contributed by atoms with Gasteiger partial charge >= 0.3 is 34.5 Å². The van der Waals surface area contributed by atoms with Gasteiger partial charge in [0.15, 0.2) is 0 Å². The van der Waals surface area contributed by atoms with E-state index in [1.807, 2.05) is 6.07 Å². The SMILES string of the molecule is N#Cc1c[c-]ncc1.[Zn+][I]. The van der Waals surface area contributed by atoms with E-state index in [0.717, 1.165) is 0 Å². The molecule has 0 radical (unpaired) electrons. The third-order valence-corrected chi connectivity index (χ3v) is 0.752. The molecule has 0 atom stereocenters. The Hall–Kier alpha value is -0.00662. The van der Waals surface area contributed by atoms with Crippen molar-refractivity contribution in [3.8, 4) is 6.07 Å². The molecule has 46 valence electrons. The molecule has 0 spiro atoms. The number of rotatable bonds is 0. The van der Waals surface area contributed by atoms with Crippen molar-refractivity contribution in [1.29, 1.82) is 5.26 Å². The number of halogens is 1. The quantitative estimate of drug-likeness (QED) is 0.414. The first kappa shape index (κ1) is 9.99. The van der Waals surface area contributed by atoms with E-state index in [1.54, 1.807) is 18.3 Å². The van der Waals surface area contributed by atoms with Crippen LogP contribution in [0.1, 0.15) is 5.56 Å².